The summed E-state index contributed by atoms with van der Waals surface area (Å²) in [6.07, 6.45) is 1.83. The Morgan fingerprint density at radius 3 is 2.92 bits per heavy atom. The maximum atomic E-state index is 5.77. The number of rotatable bonds is 0. The smallest absolute Gasteiger partial charge is 0.186 e. The molecule has 2 heterocycles. The standard InChI is InChI=1S/C8H7ClN2S/c1-4-3-10-7-6(5(4)2)12-8(9)11-7/h3H,1-2H3. The van der Waals surface area contributed by atoms with E-state index in [-0.39, 0.29) is 0 Å². The van der Waals surface area contributed by atoms with Crippen LogP contribution in [-0.4, -0.2) is 9.97 Å². The van der Waals surface area contributed by atoms with Gasteiger partial charge in [-0.25, -0.2) is 9.97 Å². The van der Waals surface area contributed by atoms with Gasteiger partial charge in [0.2, 0.25) is 0 Å². The van der Waals surface area contributed by atoms with Crippen molar-refractivity contribution in [2.24, 2.45) is 0 Å². The first-order valence-corrected chi connectivity index (χ1v) is 4.76. The molecule has 0 aliphatic heterocycles. The van der Waals surface area contributed by atoms with Crippen LogP contribution in [0.1, 0.15) is 11.1 Å². The first kappa shape index (κ1) is 7.95. The molecule has 0 amide bonds. The summed E-state index contributed by atoms with van der Waals surface area (Å²) < 4.78 is 1.66. The number of aromatic nitrogens is 2. The minimum atomic E-state index is 0.561. The highest BCUT2D eigenvalue weighted by molar-refractivity contribution is 7.22. The van der Waals surface area contributed by atoms with Crippen molar-refractivity contribution in [1.82, 2.24) is 9.97 Å². The van der Waals surface area contributed by atoms with Crippen molar-refractivity contribution in [1.29, 1.82) is 0 Å². The molecule has 0 fully saturated rings. The Hall–Kier alpha value is -0.670. The lowest BCUT2D eigenvalue weighted by Gasteiger charge is -1.96. The van der Waals surface area contributed by atoms with Crippen LogP contribution in [0.25, 0.3) is 10.3 Å². The normalized spacial score (nSPS) is 10.9. The van der Waals surface area contributed by atoms with Crippen LogP contribution in [0, 0.1) is 13.8 Å². The SMILES string of the molecule is Cc1cnc2nc(Cl)sc2c1C. The van der Waals surface area contributed by atoms with Crippen LogP contribution >= 0.6 is 22.9 Å². The van der Waals surface area contributed by atoms with Gasteiger partial charge in [0, 0.05) is 6.20 Å². The third kappa shape index (κ3) is 1.09. The fraction of sp³-hybridized carbons (Fsp3) is 0.250. The van der Waals surface area contributed by atoms with E-state index in [4.69, 9.17) is 11.6 Å². The molecule has 0 N–H and O–H groups in total. The van der Waals surface area contributed by atoms with Crippen LogP contribution in [0.3, 0.4) is 0 Å². The molecule has 0 spiro atoms. The van der Waals surface area contributed by atoms with E-state index in [0.29, 0.717) is 4.47 Å². The number of hydrogen-bond acceptors (Lipinski definition) is 3. The van der Waals surface area contributed by atoms with Crippen molar-refractivity contribution in [3.8, 4) is 0 Å². The number of pyridine rings is 1. The predicted octanol–water partition coefficient (Wildman–Crippen LogP) is 2.96. The molecule has 2 rings (SSSR count). The van der Waals surface area contributed by atoms with Gasteiger partial charge in [0.15, 0.2) is 10.1 Å². The molecular weight excluding hydrogens is 192 g/mol. The maximum Gasteiger partial charge on any atom is 0.186 e. The van der Waals surface area contributed by atoms with Crippen molar-refractivity contribution in [3.05, 3.63) is 21.8 Å². The molecule has 0 aliphatic carbocycles. The molecule has 0 aromatic carbocycles. The summed E-state index contributed by atoms with van der Waals surface area (Å²) in [5, 5.41) is 0. The number of nitrogens with zero attached hydrogens (tertiary/aromatic N) is 2. The van der Waals surface area contributed by atoms with Gasteiger partial charge in [-0.05, 0) is 25.0 Å². The van der Waals surface area contributed by atoms with Crippen molar-refractivity contribution < 1.29 is 0 Å². The highest BCUT2D eigenvalue weighted by atomic mass is 35.5. The summed E-state index contributed by atoms with van der Waals surface area (Å²) >= 11 is 7.26. The fourth-order valence-electron chi connectivity index (χ4n) is 1.05. The third-order valence-electron chi connectivity index (χ3n) is 1.90. The molecule has 0 unspecified atom stereocenters. The second kappa shape index (κ2) is 2.68. The average molecular weight is 199 g/mol. The topological polar surface area (TPSA) is 25.8 Å². The van der Waals surface area contributed by atoms with Crippen LogP contribution in [0.5, 0.6) is 0 Å². The lowest BCUT2D eigenvalue weighted by Crippen LogP contribution is -1.83. The Balaban J connectivity index is 2.89. The first-order chi connectivity index (χ1) is 5.68. The van der Waals surface area contributed by atoms with Gasteiger partial charge in [0.05, 0.1) is 4.70 Å². The molecular formula is C8H7ClN2S. The summed E-state index contributed by atoms with van der Waals surface area (Å²) in [7, 11) is 0. The molecule has 0 atom stereocenters. The first-order valence-electron chi connectivity index (χ1n) is 3.56. The van der Waals surface area contributed by atoms with Crippen LogP contribution in [0.15, 0.2) is 6.20 Å². The molecule has 2 nitrogen and oxygen atoms in total. The summed E-state index contributed by atoms with van der Waals surface area (Å²) in [6, 6.07) is 0. The summed E-state index contributed by atoms with van der Waals surface area (Å²) in [5.41, 5.74) is 3.17. The van der Waals surface area contributed by atoms with Crippen LogP contribution in [0.2, 0.25) is 4.47 Å². The summed E-state index contributed by atoms with van der Waals surface area (Å²) in [6.45, 7) is 4.10. The molecule has 2 aromatic heterocycles. The van der Waals surface area contributed by atoms with Crippen molar-refractivity contribution in [2.75, 3.05) is 0 Å². The van der Waals surface area contributed by atoms with Crippen molar-refractivity contribution >= 4 is 33.3 Å². The highest BCUT2D eigenvalue weighted by Gasteiger charge is 2.06. The van der Waals surface area contributed by atoms with E-state index in [2.05, 4.69) is 16.9 Å². The van der Waals surface area contributed by atoms with E-state index >= 15 is 0 Å². The molecule has 2 aromatic rings. The van der Waals surface area contributed by atoms with Gasteiger partial charge in [0.1, 0.15) is 0 Å². The number of aryl methyl sites for hydroxylation is 2. The van der Waals surface area contributed by atoms with Gasteiger partial charge in [-0.2, -0.15) is 0 Å². The lowest BCUT2D eigenvalue weighted by atomic mass is 10.2. The number of hydrogen-bond donors (Lipinski definition) is 0. The Kier molecular flexibility index (Phi) is 1.77. The zero-order valence-electron chi connectivity index (χ0n) is 6.76. The quantitative estimate of drug-likeness (QED) is 0.651. The second-order valence-corrected chi connectivity index (χ2v) is 4.27. The van der Waals surface area contributed by atoms with Gasteiger partial charge in [0.25, 0.3) is 0 Å². The Labute approximate surface area is 79.2 Å². The average Bonchev–Trinajstić information content (AvgIpc) is 2.39. The van der Waals surface area contributed by atoms with E-state index < -0.39 is 0 Å². The van der Waals surface area contributed by atoms with Crippen LogP contribution in [0.4, 0.5) is 0 Å². The molecule has 4 heteroatoms. The van der Waals surface area contributed by atoms with Gasteiger partial charge >= 0.3 is 0 Å². The fourth-order valence-corrected chi connectivity index (χ4v) is 2.17. The minimum absolute atomic E-state index is 0.561. The zero-order valence-corrected chi connectivity index (χ0v) is 8.33. The van der Waals surface area contributed by atoms with Gasteiger partial charge in [-0.3, -0.25) is 0 Å². The molecule has 0 saturated carbocycles. The zero-order chi connectivity index (χ0) is 8.72. The number of halogens is 1. The largest absolute Gasteiger partial charge is 0.236 e. The van der Waals surface area contributed by atoms with Crippen LogP contribution in [-0.2, 0) is 0 Å². The maximum absolute atomic E-state index is 5.77. The summed E-state index contributed by atoms with van der Waals surface area (Å²) in [4.78, 5) is 8.27. The van der Waals surface area contributed by atoms with Gasteiger partial charge < -0.3 is 0 Å². The number of fused-ring (bicyclic) bond motifs is 1. The van der Waals surface area contributed by atoms with Gasteiger partial charge in [-0.1, -0.05) is 11.6 Å². The van der Waals surface area contributed by atoms with E-state index in [0.717, 1.165) is 10.3 Å². The second-order valence-electron chi connectivity index (χ2n) is 2.69. The Morgan fingerprint density at radius 1 is 1.42 bits per heavy atom. The van der Waals surface area contributed by atoms with E-state index in [9.17, 15) is 0 Å². The molecule has 0 saturated heterocycles. The number of thiazole rings is 1. The molecule has 62 valence electrons. The Morgan fingerprint density at radius 2 is 2.17 bits per heavy atom. The van der Waals surface area contributed by atoms with Gasteiger partial charge in [-0.15, -0.1) is 11.3 Å². The van der Waals surface area contributed by atoms with Crippen LogP contribution < -0.4 is 0 Å². The molecule has 12 heavy (non-hydrogen) atoms. The molecule has 0 aliphatic rings. The van der Waals surface area contributed by atoms with E-state index in [1.165, 1.54) is 22.5 Å². The summed E-state index contributed by atoms with van der Waals surface area (Å²) in [5.74, 6) is 0. The highest BCUT2D eigenvalue weighted by Crippen LogP contribution is 2.28. The Bertz CT molecular complexity index is 436. The monoisotopic (exact) mass is 198 g/mol. The van der Waals surface area contributed by atoms with E-state index in [1.54, 1.807) is 0 Å². The molecule has 0 bridgehead atoms. The predicted molar refractivity (Wildman–Crippen MR) is 51.9 cm³/mol. The van der Waals surface area contributed by atoms with Crippen molar-refractivity contribution in [2.45, 2.75) is 13.8 Å². The molecule has 0 radical (unpaired) electrons. The third-order valence-corrected chi connectivity index (χ3v) is 3.16. The van der Waals surface area contributed by atoms with Crippen molar-refractivity contribution in [3.63, 3.8) is 0 Å². The lowest BCUT2D eigenvalue weighted by molar-refractivity contribution is 1.25. The van der Waals surface area contributed by atoms with E-state index in [1.807, 2.05) is 13.1 Å². The minimum Gasteiger partial charge on any atom is -0.236 e.